The summed E-state index contributed by atoms with van der Waals surface area (Å²) in [5.41, 5.74) is 1.34. The fourth-order valence-electron chi connectivity index (χ4n) is 1.80. The molecule has 1 aromatic carbocycles. The van der Waals surface area contributed by atoms with E-state index in [1.165, 1.54) is 5.56 Å². The normalized spacial score (nSPS) is 12.1. The quantitative estimate of drug-likeness (QED) is 0.770. The Bertz CT molecular complexity index is 321. The van der Waals surface area contributed by atoms with Crippen molar-refractivity contribution in [2.45, 2.75) is 39.5 Å². The Morgan fingerprint density at radius 2 is 2.00 bits per heavy atom. The third kappa shape index (κ3) is 6.10. The van der Waals surface area contributed by atoms with Crippen molar-refractivity contribution in [3.8, 4) is 0 Å². The lowest BCUT2D eigenvalue weighted by atomic mass is 10.0. The van der Waals surface area contributed by atoms with Crippen LogP contribution in [0, 0.1) is 5.92 Å². The van der Waals surface area contributed by atoms with Gasteiger partial charge in [0.25, 0.3) is 0 Å². The zero-order chi connectivity index (χ0) is 12.5. The molecule has 0 aliphatic carbocycles. The lowest BCUT2D eigenvalue weighted by molar-refractivity contribution is -0.121. The van der Waals surface area contributed by atoms with E-state index >= 15 is 0 Å². The molecule has 0 bridgehead atoms. The van der Waals surface area contributed by atoms with Gasteiger partial charge >= 0.3 is 0 Å². The molecule has 0 radical (unpaired) electrons. The largest absolute Gasteiger partial charge is 0.356 e. The van der Waals surface area contributed by atoms with E-state index in [-0.39, 0.29) is 5.91 Å². The first kappa shape index (κ1) is 13.8. The molecule has 0 fully saturated rings. The number of nitrogens with one attached hydrogen (secondary N) is 1. The summed E-state index contributed by atoms with van der Waals surface area (Å²) in [5, 5.41) is 3.00. The molecule has 0 saturated carbocycles. The number of amides is 1. The van der Waals surface area contributed by atoms with E-state index in [2.05, 4.69) is 43.4 Å². The molecule has 0 heterocycles. The van der Waals surface area contributed by atoms with Gasteiger partial charge in [0, 0.05) is 13.0 Å². The summed E-state index contributed by atoms with van der Waals surface area (Å²) in [4.78, 5) is 11.4. The number of benzene rings is 1. The van der Waals surface area contributed by atoms with Gasteiger partial charge in [-0.05, 0) is 24.3 Å². The van der Waals surface area contributed by atoms with Crippen LogP contribution in [0.3, 0.4) is 0 Å². The van der Waals surface area contributed by atoms with E-state index in [1.807, 2.05) is 6.07 Å². The Morgan fingerprint density at radius 1 is 1.29 bits per heavy atom. The summed E-state index contributed by atoms with van der Waals surface area (Å²) in [5.74, 6) is 0.676. The third-order valence-corrected chi connectivity index (χ3v) is 2.83. The predicted octanol–water partition coefficient (Wildman–Crippen LogP) is 3.17. The molecule has 1 unspecified atom stereocenters. The maximum Gasteiger partial charge on any atom is 0.220 e. The summed E-state index contributed by atoms with van der Waals surface area (Å²) in [6.07, 6.45) is 3.75. The van der Waals surface area contributed by atoms with Gasteiger partial charge in [-0.1, -0.05) is 50.6 Å². The molecule has 0 aromatic heterocycles. The van der Waals surface area contributed by atoms with Gasteiger partial charge in [-0.3, -0.25) is 4.79 Å². The molecule has 0 aliphatic rings. The maximum atomic E-state index is 11.4. The average Bonchev–Trinajstić information content (AvgIpc) is 2.35. The number of hydrogen-bond acceptors (Lipinski definition) is 1. The van der Waals surface area contributed by atoms with Crippen LogP contribution >= 0.6 is 0 Å². The Kier molecular flexibility index (Phi) is 6.38. The van der Waals surface area contributed by atoms with Crippen molar-refractivity contribution < 1.29 is 4.79 Å². The monoisotopic (exact) mass is 233 g/mol. The molecule has 0 aliphatic heterocycles. The second kappa shape index (κ2) is 7.88. The van der Waals surface area contributed by atoms with Crippen molar-refractivity contribution in [3.63, 3.8) is 0 Å². The molecule has 2 heteroatoms. The first-order valence-electron chi connectivity index (χ1n) is 6.53. The van der Waals surface area contributed by atoms with Crippen LogP contribution in [0.2, 0.25) is 0 Å². The second-order valence-electron chi connectivity index (χ2n) is 4.70. The van der Waals surface area contributed by atoms with Gasteiger partial charge in [0.1, 0.15) is 0 Å². The molecule has 1 atom stereocenters. The molecule has 1 rings (SSSR count). The molecule has 1 aromatic rings. The van der Waals surface area contributed by atoms with Gasteiger partial charge in [-0.25, -0.2) is 0 Å². The molecule has 2 nitrogen and oxygen atoms in total. The minimum Gasteiger partial charge on any atom is -0.356 e. The third-order valence-electron chi connectivity index (χ3n) is 2.83. The van der Waals surface area contributed by atoms with Crippen molar-refractivity contribution in [1.82, 2.24) is 5.32 Å². The molecule has 1 amide bonds. The maximum absolute atomic E-state index is 11.4. The van der Waals surface area contributed by atoms with Gasteiger partial charge in [0.2, 0.25) is 5.91 Å². The highest BCUT2D eigenvalue weighted by molar-refractivity contribution is 5.75. The van der Waals surface area contributed by atoms with Gasteiger partial charge in [0.15, 0.2) is 0 Å². The summed E-state index contributed by atoms with van der Waals surface area (Å²) in [6, 6.07) is 10.4. The minimum atomic E-state index is 0.187. The highest BCUT2D eigenvalue weighted by atomic mass is 16.1. The van der Waals surface area contributed by atoms with Crippen LogP contribution in [-0.4, -0.2) is 12.5 Å². The van der Waals surface area contributed by atoms with Crippen LogP contribution < -0.4 is 5.32 Å². The van der Waals surface area contributed by atoms with Crippen molar-refractivity contribution in [2.75, 3.05) is 6.54 Å². The fourth-order valence-corrected chi connectivity index (χ4v) is 1.80. The fraction of sp³-hybridized carbons (Fsp3) is 0.533. The summed E-state index contributed by atoms with van der Waals surface area (Å²) >= 11 is 0. The van der Waals surface area contributed by atoms with Gasteiger partial charge < -0.3 is 5.32 Å². The van der Waals surface area contributed by atoms with Crippen molar-refractivity contribution >= 4 is 5.91 Å². The molecular formula is C15H23NO. The summed E-state index contributed by atoms with van der Waals surface area (Å²) < 4.78 is 0. The molecule has 0 saturated heterocycles. The zero-order valence-corrected chi connectivity index (χ0v) is 10.9. The summed E-state index contributed by atoms with van der Waals surface area (Å²) in [7, 11) is 0. The lowest BCUT2D eigenvalue weighted by Crippen LogP contribution is -2.28. The molecule has 0 spiro atoms. The van der Waals surface area contributed by atoms with E-state index in [9.17, 15) is 4.79 Å². The Morgan fingerprint density at radius 3 is 2.65 bits per heavy atom. The van der Waals surface area contributed by atoms with E-state index in [1.54, 1.807) is 0 Å². The smallest absolute Gasteiger partial charge is 0.220 e. The van der Waals surface area contributed by atoms with Gasteiger partial charge in [0.05, 0.1) is 0 Å². The highest BCUT2D eigenvalue weighted by Gasteiger charge is 2.05. The number of carbonyl (C=O) groups is 1. The SMILES string of the molecule is CCCCC(=O)NCC(C)Cc1ccccc1. The van der Waals surface area contributed by atoms with Gasteiger partial charge in [-0.2, -0.15) is 0 Å². The van der Waals surface area contributed by atoms with Gasteiger partial charge in [-0.15, -0.1) is 0 Å². The predicted molar refractivity (Wildman–Crippen MR) is 71.8 cm³/mol. The minimum absolute atomic E-state index is 0.187. The van der Waals surface area contributed by atoms with E-state index in [0.717, 1.165) is 25.8 Å². The number of hydrogen-bond donors (Lipinski definition) is 1. The van der Waals surface area contributed by atoms with Crippen molar-refractivity contribution in [3.05, 3.63) is 35.9 Å². The Hall–Kier alpha value is -1.31. The van der Waals surface area contributed by atoms with Crippen LogP contribution in [0.25, 0.3) is 0 Å². The van der Waals surface area contributed by atoms with E-state index in [0.29, 0.717) is 12.3 Å². The molecule has 17 heavy (non-hydrogen) atoms. The van der Waals surface area contributed by atoms with Crippen molar-refractivity contribution in [1.29, 1.82) is 0 Å². The highest BCUT2D eigenvalue weighted by Crippen LogP contribution is 2.07. The summed E-state index contributed by atoms with van der Waals surface area (Å²) in [6.45, 7) is 5.05. The van der Waals surface area contributed by atoms with Crippen LogP contribution in [0.4, 0.5) is 0 Å². The molecule has 94 valence electrons. The zero-order valence-electron chi connectivity index (χ0n) is 10.9. The van der Waals surface area contributed by atoms with Crippen LogP contribution in [0.1, 0.15) is 38.7 Å². The topological polar surface area (TPSA) is 29.1 Å². The van der Waals surface area contributed by atoms with Crippen LogP contribution in [0.5, 0.6) is 0 Å². The van der Waals surface area contributed by atoms with Crippen LogP contribution in [-0.2, 0) is 11.2 Å². The second-order valence-corrected chi connectivity index (χ2v) is 4.70. The molecule has 1 N–H and O–H groups in total. The number of rotatable bonds is 7. The molecular weight excluding hydrogens is 210 g/mol. The average molecular weight is 233 g/mol. The number of unbranched alkanes of at least 4 members (excludes halogenated alkanes) is 1. The standard InChI is InChI=1S/C15H23NO/c1-3-4-10-15(17)16-12-13(2)11-14-8-6-5-7-9-14/h5-9,13H,3-4,10-12H2,1-2H3,(H,16,17). The number of carbonyl (C=O) groups excluding carboxylic acids is 1. The first-order valence-corrected chi connectivity index (χ1v) is 6.53. The van der Waals surface area contributed by atoms with E-state index < -0.39 is 0 Å². The van der Waals surface area contributed by atoms with Crippen LogP contribution in [0.15, 0.2) is 30.3 Å². The Balaban J connectivity index is 2.21. The first-order chi connectivity index (χ1) is 8.22. The lowest BCUT2D eigenvalue weighted by Gasteiger charge is -2.12. The van der Waals surface area contributed by atoms with E-state index in [4.69, 9.17) is 0 Å². The van der Waals surface area contributed by atoms with Crippen molar-refractivity contribution in [2.24, 2.45) is 5.92 Å². The Labute approximate surface area is 104 Å².